The molecule has 1 amide bonds. The number of nitrogens with one attached hydrogen (secondary N) is 1. The third-order valence-corrected chi connectivity index (χ3v) is 5.29. The van der Waals surface area contributed by atoms with Crippen LogP contribution in [0.4, 0.5) is 0 Å². The quantitative estimate of drug-likeness (QED) is 0.651. The molecule has 0 atom stereocenters. The van der Waals surface area contributed by atoms with Gasteiger partial charge in [-0.3, -0.25) is 4.79 Å². The number of likely N-dealkylation sites (tertiary alicyclic amines) is 1. The Hall–Kier alpha value is -2.02. The molecule has 1 aromatic carbocycles. The first-order valence-electron chi connectivity index (χ1n) is 10.1. The number of ether oxygens (including phenoxy) is 2. The van der Waals surface area contributed by atoms with Crippen molar-refractivity contribution in [1.29, 1.82) is 0 Å². The Morgan fingerprint density at radius 1 is 1.00 bits per heavy atom. The van der Waals surface area contributed by atoms with Crippen molar-refractivity contribution in [3.05, 3.63) is 48.7 Å². The molecule has 2 heterocycles. The first-order valence-corrected chi connectivity index (χ1v) is 10.1. The van der Waals surface area contributed by atoms with Crippen molar-refractivity contribution in [3.8, 4) is 17.4 Å². The highest BCUT2D eigenvalue weighted by atomic mass is 35.5. The Morgan fingerprint density at radius 3 is 2.33 bits per heavy atom. The number of hydrogen-bond acceptors (Lipinski definition) is 5. The van der Waals surface area contributed by atoms with Crippen LogP contribution in [0.15, 0.2) is 48.7 Å². The maximum atomic E-state index is 12.4. The van der Waals surface area contributed by atoms with E-state index in [1.54, 1.807) is 24.4 Å². The highest BCUT2D eigenvalue weighted by Crippen LogP contribution is 2.28. The van der Waals surface area contributed by atoms with Gasteiger partial charge < -0.3 is 19.7 Å². The summed E-state index contributed by atoms with van der Waals surface area (Å²) in [6.07, 6.45) is 6.48. The molecule has 2 aromatic rings. The van der Waals surface area contributed by atoms with Crippen molar-refractivity contribution in [2.45, 2.75) is 31.7 Å². The summed E-state index contributed by atoms with van der Waals surface area (Å²) in [6.45, 7) is 2.82. The molecule has 1 aromatic heterocycles. The van der Waals surface area contributed by atoms with Gasteiger partial charge in [0.25, 0.3) is 5.91 Å². The van der Waals surface area contributed by atoms with Gasteiger partial charge in [0, 0.05) is 31.4 Å². The Bertz CT molecular complexity index is 765. The Morgan fingerprint density at radius 2 is 1.70 bits per heavy atom. The average molecular weight is 454 g/mol. The number of pyridine rings is 1. The molecule has 2 aliphatic rings. The van der Waals surface area contributed by atoms with Crippen LogP contribution in [0, 0.1) is 5.92 Å². The number of benzene rings is 1. The van der Waals surface area contributed by atoms with Crippen molar-refractivity contribution in [2.75, 3.05) is 26.2 Å². The van der Waals surface area contributed by atoms with E-state index < -0.39 is 0 Å². The SMILES string of the molecule is Cl.Cl.O=C(COc1ccc(Oc2ccccn2)cc1)N1CCC(NCC2CC2)CC1. The van der Waals surface area contributed by atoms with Crippen LogP contribution in [-0.4, -0.2) is 48.1 Å². The van der Waals surface area contributed by atoms with Gasteiger partial charge in [-0.1, -0.05) is 6.07 Å². The predicted octanol–water partition coefficient (Wildman–Crippen LogP) is 4.09. The van der Waals surface area contributed by atoms with Crippen LogP contribution < -0.4 is 14.8 Å². The lowest BCUT2D eigenvalue weighted by Gasteiger charge is -2.32. The molecule has 30 heavy (non-hydrogen) atoms. The molecule has 4 rings (SSSR count). The summed E-state index contributed by atoms with van der Waals surface area (Å²) >= 11 is 0. The molecular formula is C22H29Cl2N3O3. The molecule has 8 heteroatoms. The zero-order valence-corrected chi connectivity index (χ0v) is 18.5. The van der Waals surface area contributed by atoms with Crippen LogP contribution in [0.1, 0.15) is 25.7 Å². The number of rotatable bonds is 8. The van der Waals surface area contributed by atoms with E-state index in [0.717, 1.165) is 38.4 Å². The van der Waals surface area contributed by atoms with E-state index in [9.17, 15) is 4.79 Å². The Labute approximate surface area is 190 Å². The summed E-state index contributed by atoms with van der Waals surface area (Å²) in [6, 6.07) is 13.3. The van der Waals surface area contributed by atoms with Crippen molar-refractivity contribution < 1.29 is 14.3 Å². The molecule has 1 aliphatic heterocycles. The molecule has 1 N–H and O–H groups in total. The number of nitrogens with zero attached hydrogens (tertiary/aromatic N) is 2. The number of carbonyl (C=O) groups is 1. The van der Waals surface area contributed by atoms with E-state index in [1.165, 1.54) is 12.8 Å². The number of carbonyl (C=O) groups excluding carboxylic acids is 1. The Kier molecular flexibility index (Phi) is 9.69. The zero-order valence-electron chi connectivity index (χ0n) is 16.9. The number of aromatic nitrogens is 1. The fourth-order valence-corrected chi connectivity index (χ4v) is 3.36. The van der Waals surface area contributed by atoms with Gasteiger partial charge in [-0.15, -0.1) is 24.8 Å². The zero-order chi connectivity index (χ0) is 19.2. The van der Waals surface area contributed by atoms with Crippen LogP contribution in [0.2, 0.25) is 0 Å². The second-order valence-corrected chi connectivity index (χ2v) is 7.54. The maximum absolute atomic E-state index is 12.4. The Balaban J connectivity index is 0.00000160. The van der Waals surface area contributed by atoms with Crippen LogP contribution in [-0.2, 0) is 4.79 Å². The van der Waals surface area contributed by atoms with Gasteiger partial charge in [0.1, 0.15) is 11.5 Å². The monoisotopic (exact) mass is 453 g/mol. The third-order valence-electron chi connectivity index (χ3n) is 5.29. The minimum atomic E-state index is 0. The minimum absolute atomic E-state index is 0. The molecule has 6 nitrogen and oxygen atoms in total. The fourth-order valence-electron chi connectivity index (χ4n) is 3.36. The lowest BCUT2D eigenvalue weighted by Crippen LogP contribution is -2.46. The van der Waals surface area contributed by atoms with Crippen molar-refractivity contribution in [3.63, 3.8) is 0 Å². The molecule has 0 spiro atoms. The molecule has 1 aliphatic carbocycles. The third kappa shape index (κ3) is 7.35. The van der Waals surface area contributed by atoms with Gasteiger partial charge in [-0.25, -0.2) is 4.98 Å². The second-order valence-electron chi connectivity index (χ2n) is 7.54. The van der Waals surface area contributed by atoms with Crippen LogP contribution in [0.25, 0.3) is 0 Å². The van der Waals surface area contributed by atoms with E-state index in [4.69, 9.17) is 9.47 Å². The predicted molar refractivity (Wildman–Crippen MR) is 121 cm³/mol. The summed E-state index contributed by atoms with van der Waals surface area (Å²) in [5, 5.41) is 3.64. The highest BCUT2D eigenvalue weighted by molar-refractivity contribution is 5.85. The number of piperidine rings is 1. The number of halogens is 2. The second kappa shape index (κ2) is 12.0. The summed E-state index contributed by atoms with van der Waals surface area (Å²) < 4.78 is 11.3. The van der Waals surface area contributed by atoms with Gasteiger partial charge in [0.2, 0.25) is 5.88 Å². The molecule has 0 radical (unpaired) electrons. The number of hydrogen-bond donors (Lipinski definition) is 1. The molecule has 1 saturated heterocycles. The summed E-state index contributed by atoms with van der Waals surface area (Å²) in [4.78, 5) is 18.4. The normalized spacial score (nSPS) is 16.2. The van der Waals surface area contributed by atoms with Crippen LogP contribution in [0.3, 0.4) is 0 Å². The standard InChI is InChI=1S/C22H27N3O3.2ClH/c26-22(25-13-10-18(11-14-25)24-15-17-4-5-17)16-27-19-6-8-20(9-7-19)28-21-3-1-2-12-23-21;;/h1-3,6-9,12,17-18,24H,4-5,10-11,13-16H2;2*1H. The van der Waals surface area contributed by atoms with E-state index in [2.05, 4.69) is 10.3 Å². The van der Waals surface area contributed by atoms with E-state index >= 15 is 0 Å². The fraction of sp³-hybridized carbons (Fsp3) is 0.455. The maximum Gasteiger partial charge on any atom is 0.260 e. The van der Waals surface area contributed by atoms with Crippen molar-refractivity contribution in [1.82, 2.24) is 15.2 Å². The van der Waals surface area contributed by atoms with Crippen LogP contribution >= 0.6 is 24.8 Å². The highest BCUT2D eigenvalue weighted by Gasteiger charge is 2.26. The summed E-state index contributed by atoms with van der Waals surface area (Å²) in [5.74, 6) is 2.82. The van der Waals surface area contributed by atoms with E-state index in [-0.39, 0.29) is 37.3 Å². The summed E-state index contributed by atoms with van der Waals surface area (Å²) in [7, 11) is 0. The van der Waals surface area contributed by atoms with Crippen molar-refractivity contribution >= 4 is 30.7 Å². The molecule has 164 valence electrons. The van der Waals surface area contributed by atoms with E-state index in [0.29, 0.717) is 23.4 Å². The first-order chi connectivity index (χ1) is 13.8. The smallest absolute Gasteiger partial charge is 0.260 e. The molecule has 0 unspecified atom stereocenters. The van der Waals surface area contributed by atoms with Gasteiger partial charge >= 0.3 is 0 Å². The van der Waals surface area contributed by atoms with Gasteiger partial charge in [0.15, 0.2) is 6.61 Å². The van der Waals surface area contributed by atoms with Gasteiger partial charge in [-0.05, 0) is 68.5 Å². The van der Waals surface area contributed by atoms with Crippen LogP contribution in [0.5, 0.6) is 17.4 Å². The average Bonchev–Trinajstić information content (AvgIpc) is 3.57. The van der Waals surface area contributed by atoms with Gasteiger partial charge in [0.05, 0.1) is 0 Å². The largest absolute Gasteiger partial charge is 0.484 e. The lowest BCUT2D eigenvalue weighted by molar-refractivity contribution is -0.134. The lowest BCUT2D eigenvalue weighted by atomic mass is 10.0. The molecule has 2 fully saturated rings. The number of amides is 1. The van der Waals surface area contributed by atoms with E-state index in [1.807, 2.05) is 29.2 Å². The summed E-state index contributed by atoms with van der Waals surface area (Å²) in [5.41, 5.74) is 0. The minimum Gasteiger partial charge on any atom is -0.484 e. The molecular weight excluding hydrogens is 425 g/mol. The molecule has 0 bridgehead atoms. The topological polar surface area (TPSA) is 63.7 Å². The van der Waals surface area contributed by atoms with Gasteiger partial charge in [-0.2, -0.15) is 0 Å². The molecule has 1 saturated carbocycles. The van der Waals surface area contributed by atoms with Crippen molar-refractivity contribution in [2.24, 2.45) is 5.92 Å². The first kappa shape index (κ1) is 24.3.